The Kier molecular flexibility index (Phi) is 4.81. The minimum absolute atomic E-state index is 0.338. The molecule has 0 bridgehead atoms. The third-order valence-corrected chi connectivity index (χ3v) is 2.57. The van der Waals surface area contributed by atoms with Gasteiger partial charge in [0, 0.05) is 5.57 Å². The highest BCUT2D eigenvalue weighted by molar-refractivity contribution is 9.28. The third kappa shape index (κ3) is 3.20. The van der Waals surface area contributed by atoms with Crippen LogP contribution in [0.3, 0.4) is 0 Å². The Labute approximate surface area is 98.4 Å². The molecule has 0 spiro atoms. The van der Waals surface area contributed by atoms with E-state index in [9.17, 15) is 9.18 Å². The van der Waals surface area contributed by atoms with Gasteiger partial charge in [-0.05, 0) is 57.2 Å². The summed E-state index contributed by atoms with van der Waals surface area (Å²) in [7, 11) is 0. The summed E-state index contributed by atoms with van der Waals surface area (Å²) in [6.45, 7) is -0.340. The molecule has 2 nitrogen and oxygen atoms in total. The molecule has 1 aliphatic rings. The van der Waals surface area contributed by atoms with Crippen molar-refractivity contribution in [1.29, 1.82) is 0 Å². The van der Waals surface area contributed by atoms with E-state index >= 15 is 0 Å². The largest absolute Gasteiger partial charge is 0.421 e. The average Bonchev–Trinajstić information content (AvgIpc) is 2.49. The SMILES string of the molecule is O=C1OC(=C(Br)Br)C=C1CCCCF. The number of ether oxygens (including phenoxy) is 1. The van der Waals surface area contributed by atoms with E-state index in [4.69, 9.17) is 4.74 Å². The molecule has 0 aromatic carbocycles. The molecule has 0 unspecified atom stereocenters. The number of alkyl halides is 1. The Bertz CT molecular complexity index is 293. The van der Waals surface area contributed by atoms with Gasteiger partial charge in [-0.3, -0.25) is 4.39 Å². The normalized spacial score (nSPS) is 15.5. The first-order valence-corrected chi connectivity index (χ1v) is 5.77. The third-order valence-electron chi connectivity index (χ3n) is 1.79. The second-order valence-electron chi connectivity index (χ2n) is 2.83. The van der Waals surface area contributed by atoms with Crippen molar-refractivity contribution < 1.29 is 13.9 Å². The van der Waals surface area contributed by atoms with Crippen molar-refractivity contribution in [1.82, 2.24) is 0 Å². The molecule has 1 aliphatic heterocycles. The van der Waals surface area contributed by atoms with Crippen molar-refractivity contribution in [3.05, 3.63) is 20.8 Å². The minimum Gasteiger partial charge on any atom is -0.421 e. The van der Waals surface area contributed by atoms with Crippen LogP contribution in [0.25, 0.3) is 0 Å². The van der Waals surface area contributed by atoms with Crippen LogP contribution in [-0.2, 0) is 9.53 Å². The van der Waals surface area contributed by atoms with Crippen molar-refractivity contribution in [2.45, 2.75) is 19.3 Å². The molecule has 0 saturated carbocycles. The van der Waals surface area contributed by atoms with Gasteiger partial charge in [-0.15, -0.1) is 0 Å². The molecule has 14 heavy (non-hydrogen) atoms. The molecule has 0 N–H and O–H groups in total. The molecule has 78 valence electrons. The van der Waals surface area contributed by atoms with E-state index in [0.29, 0.717) is 34.0 Å². The summed E-state index contributed by atoms with van der Waals surface area (Å²) in [5.41, 5.74) is 0.602. The van der Waals surface area contributed by atoms with Crippen molar-refractivity contribution in [2.75, 3.05) is 6.67 Å². The zero-order valence-electron chi connectivity index (χ0n) is 7.36. The molecule has 0 aliphatic carbocycles. The molecule has 0 saturated heterocycles. The van der Waals surface area contributed by atoms with Crippen molar-refractivity contribution in [3.63, 3.8) is 0 Å². The fourth-order valence-electron chi connectivity index (χ4n) is 1.09. The second-order valence-corrected chi connectivity index (χ2v) is 5.48. The van der Waals surface area contributed by atoms with Gasteiger partial charge in [-0.25, -0.2) is 4.79 Å². The van der Waals surface area contributed by atoms with Crippen LogP contribution in [0.1, 0.15) is 19.3 Å². The monoisotopic (exact) mass is 326 g/mol. The highest BCUT2D eigenvalue weighted by Crippen LogP contribution is 2.29. The number of rotatable bonds is 4. The van der Waals surface area contributed by atoms with Crippen molar-refractivity contribution in [3.8, 4) is 0 Å². The van der Waals surface area contributed by atoms with Crippen LogP contribution >= 0.6 is 31.9 Å². The van der Waals surface area contributed by atoms with Crippen LogP contribution in [0, 0.1) is 0 Å². The van der Waals surface area contributed by atoms with Crippen LogP contribution in [0.4, 0.5) is 4.39 Å². The van der Waals surface area contributed by atoms with Crippen LogP contribution in [0.5, 0.6) is 0 Å². The van der Waals surface area contributed by atoms with E-state index in [-0.39, 0.29) is 12.6 Å². The first-order chi connectivity index (χ1) is 6.65. The number of esters is 1. The van der Waals surface area contributed by atoms with Crippen LogP contribution < -0.4 is 0 Å². The minimum atomic E-state index is -0.340. The average molecular weight is 328 g/mol. The number of hydrogen-bond donors (Lipinski definition) is 0. The Balaban J connectivity index is 2.56. The van der Waals surface area contributed by atoms with Gasteiger partial charge in [0.25, 0.3) is 0 Å². The van der Waals surface area contributed by atoms with Crippen LogP contribution in [0.2, 0.25) is 0 Å². The first-order valence-electron chi connectivity index (χ1n) is 4.19. The van der Waals surface area contributed by atoms with Gasteiger partial charge < -0.3 is 4.74 Å². The van der Waals surface area contributed by atoms with Crippen molar-refractivity contribution >= 4 is 37.8 Å². The highest BCUT2D eigenvalue weighted by Gasteiger charge is 2.21. The van der Waals surface area contributed by atoms with E-state index in [1.165, 1.54) is 0 Å². The number of hydrogen-bond acceptors (Lipinski definition) is 2. The number of halogens is 3. The molecule has 1 heterocycles. The fourth-order valence-corrected chi connectivity index (χ4v) is 1.48. The number of allylic oxidation sites excluding steroid dienone is 1. The van der Waals surface area contributed by atoms with Crippen LogP contribution in [-0.4, -0.2) is 12.6 Å². The predicted molar refractivity (Wildman–Crippen MR) is 58.9 cm³/mol. The van der Waals surface area contributed by atoms with Gasteiger partial charge in [0.1, 0.15) is 3.39 Å². The Morgan fingerprint density at radius 2 is 2.14 bits per heavy atom. The van der Waals surface area contributed by atoms with Gasteiger partial charge in [-0.2, -0.15) is 0 Å². The molecule has 0 atom stereocenters. The maximum atomic E-state index is 11.8. The van der Waals surface area contributed by atoms with E-state index in [1.54, 1.807) is 6.08 Å². The summed E-state index contributed by atoms with van der Waals surface area (Å²) < 4.78 is 17.3. The molecule has 0 aromatic heterocycles. The van der Waals surface area contributed by atoms with Crippen LogP contribution in [0.15, 0.2) is 20.8 Å². The lowest BCUT2D eigenvalue weighted by Gasteiger charge is -1.96. The molecular formula is C9H9Br2FO2. The topological polar surface area (TPSA) is 26.3 Å². The Hall–Kier alpha value is -0.160. The maximum Gasteiger partial charge on any atom is 0.339 e. The van der Waals surface area contributed by atoms with Crippen molar-refractivity contribution in [2.24, 2.45) is 0 Å². The van der Waals surface area contributed by atoms with Gasteiger partial charge >= 0.3 is 5.97 Å². The number of carbonyl (C=O) groups excluding carboxylic acids is 1. The molecule has 0 amide bonds. The molecule has 0 fully saturated rings. The lowest BCUT2D eigenvalue weighted by molar-refractivity contribution is -0.133. The molecule has 1 rings (SSSR count). The summed E-state index contributed by atoms with van der Waals surface area (Å²) >= 11 is 6.31. The number of cyclic esters (lactones) is 1. The summed E-state index contributed by atoms with van der Waals surface area (Å²) in [6, 6.07) is 0. The quantitative estimate of drug-likeness (QED) is 0.583. The first kappa shape index (κ1) is 11.9. The van der Waals surface area contributed by atoms with E-state index in [0.717, 1.165) is 0 Å². The summed E-state index contributed by atoms with van der Waals surface area (Å²) in [5, 5.41) is 0. The van der Waals surface area contributed by atoms with E-state index in [2.05, 4.69) is 31.9 Å². The van der Waals surface area contributed by atoms with Gasteiger partial charge in [-0.1, -0.05) is 0 Å². The maximum absolute atomic E-state index is 11.8. The molecule has 0 aromatic rings. The Morgan fingerprint density at radius 1 is 1.43 bits per heavy atom. The van der Waals surface area contributed by atoms with Gasteiger partial charge in [0.2, 0.25) is 0 Å². The highest BCUT2D eigenvalue weighted by atomic mass is 79.9. The summed E-state index contributed by atoms with van der Waals surface area (Å²) in [5.74, 6) is 0.139. The van der Waals surface area contributed by atoms with E-state index < -0.39 is 0 Å². The van der Waals surface area contributed by atoms with Gasteiger partial charge in [0.15, 0.2) is 5.76 Å². The zero-order valence-corrected chi connectivity index (χ0v) is 10.5. The predicted octanol–water partition coefficient (Wildman–Crippen LogP) is 3.57. The zero-order chi connectivity index (χ0) is 10.6. The fraction of sp³-hybridized carbons (Fsp3) is 0.444. The summed E-state index contributed by atoms with van der Waals surface area (Å²) in [4.78, 5) is 11.2. The Morgan fingerprint density at radius 3 is 2.64 bits per heavy atom. The number of unbranched alkanes of at least 4 members (excludes halogenated alkanes) is 1. The summed E-state index contributed by atoms with van der Waals surface area (Å²) in [6.07, 6.45) is 3.39. The molecule has 0 radical (unpaired) electrons. The lowest BCUT2D eigenvalue weighted by atomic mass is 10.1. The standard InChI is InChI=1S/C9H9Br2FO2/c10-8(11)7-5-6(9(13)14-7)3-1-2-4-12/h5H,1-4H2. The lowest BCUT2D eigenvalue weighted by Crippen LogP contribution is -1.99. The smallest absolute Gasteiger partial charge is 0.339 e. The molecule has 5 heteroatoms. The van der Waals surface area contributed by atoms with Gasteiger partial charge in [0.05, 0.1) is 6.67 Å². The number of carbonyl (C=O) groups is 1. The second kappa shape index (κ2) is 5.66. The molecular weight excluding hydrogens is 319 g/mol. The van der Waals surface area contributed by atoms with E-state index in [1.807, 2.05) is 0 Å².